The number of nitrogens with one attached hydrogen (secondary N) is 1. The second-order valence-electron chi connectivity index (χ2n) is 8.04. The molecule has 2 amide bonds. The smallest absolute Gasteiger partial charge is 0.230 e. The number of hydrogen-bond donors (Lipinski definition) is 1. The third kappa shape index (κ3) is 4.12. The summed E-state index contributed by atoms with van der Waals surface area (Å²) in [6, 6.07) is 14.9. The van der Waals surface area contributed by atoms with E-state index in [0.29, 0.717) is 29.9 Å². The van der Waals surface area contributed by atoms with Gasteiger partial charge in [-0.3, -0.25) is 9.59 Å². The number of carbonyl (C=O) groups excluding carboxylic acids is 2. The number of halogens is 1. The maximum absolute atomic E-state index is 12.7. The normalized spacial score (nSPS) is 18.8. The lowest BCUT2D eigenvalue weighted by Gasteiger charge is -2.20. The minimum Gasteiger partial charge on any atom is -0.339 e. The monoisotopic (exact) mass is 480 g/mol. The van der Waals surface area contributed by atoms with Crippen LogP contribution in [0, 0.1) is 5.92 Å². The van der Waals surface area contributed by atoms with Gasteiger partial charge in [-0.25, -0.2) is 0 Å². The van der Waals surface area contributed by atoms with Gasteiger partial charge in [-0.05, 0) is 43.2 Å². The van der Waals surface area contributed by atoms with Crippen molar-refractivity contribution in [3.63, 3.8) is 0 Å². The standard InChI is InChI=1S/C23H21BrN4O3/c24-17-7-3-8-18(12-17)25-22(30)16-11-20(29)28(13-16)19-9-2-6-15(10-19)21-26-23(31-27-21)14-4-1-5-14/h2-3,6-10,12,14,16H,1,4-5,11,13H2,(H,25,30)/t16-/m1/s1. The van der Waals surface area contributed by atoms with E-state index in [4.69, 9.17) is 4.52 Å². The molecule has 3 aromatic rings. The molecule has 1 atom stereocenters. The molecule has 5 rings (SSSR count). The van der Waals surface area contributed by atoms with Crippen molar-refractivity contribution >= 4 is 39.1 Å². The van der Waals surface area contributed by atoms with Crippen LogP contribution in [0.1, 0.15) is 37.5 Å². The lowest BCUT2D eigenvalue weighted by atomic mass is 9.85. The van der Waals surface area contributed by atoms with Gasteiger partial charge in [-0.1, -0.05) is 45.7 Å². The summed E-state index contributed by atoms with van der Waals surface area (Å²) < 4.78 is 6.31. The number of carbonyl (C=O) groups is 2. The largest absolute Gasteiger partial charge is 0.339 e. The third-order valence-electron chi connectivity index (χ3n) is 5.90. The fraction of sp³-hybridized carbons (Fsp3) is 0.304. The Balaban J connectivity index is 1.30. The summed E-state index contributed by atoms with van der Waals surface area (Å²) in [4.78, 5) is 31.6. The fourth-order valence-corrected chi connectivity index (χ4v) is 4.33. The third-order valence-corrected chi connectivity index (χ3v) is 6.39. The molecule has 1 aliphatic heterocycles. The molecule has 7 nitrogen and oxygen atoms in total. The zero-order valence-corrected chi connectivity index (χ0v) is 18.3. The van der Waals surface area contributed by atoms with Crippen LogP contribution in [0.3, 0.4) is 0 Å². The summed E-state index contributed by atoms with van der Waals surface area (Å²) in [6.45, 7) is 0.335. The van der Waals surface area contributed by atoms with E-state index >= 15 is 0 Å². The Hall–Kier alpha value is -3.00. The highest BCUT2D eigenvalue weighted by atomic mass is 79.9. The summed E-state index contributed by atoms with van der Waals surface area (Å²) >= 11 is 3.40. The predicted molar refractivity (Wildman–Crippen MR) is 120 cm³/mol. The van der Waals surface area contributed by atoms with Gasteiger partial charge in [0.05, 0.1) is 5.92 Å². The van der Waals surface area contributed by atoms with Crippen LogP contribution in [-0.4, -0.2) is 28.5 Å². The van der Waals surface area contributed by atoms with Crippen molar-refractivity contribution in [3.8, 4) is 11.4 Å². The van der Waals surface area contributed by atoms with E-state index in [0.717, 1.165) is 28.6 Å². The number of amides is 2. The highest BCUT2D eigenvalue weighted by molar-refractivity contribution is 9.10. The Morgan fingerprint density at radius 3 is 2.77 bits per heavy atom. The molecule has 1 aromatic heterocycles. The molecule has 1 saturated carbocycles. The van der Waals surface area contributed by atoms with Crippen LogP contribution in [0.15, 0.2) is 57.5 Å². The summed E-state index contributed by atoms with van der Waals surface area (Å²) in [5.41, 5.74) is 2.23. The second kappa shape index (κ2) is 8.26. The molecule has 8 heteroatoms. The van der Waals surface area contributed by atoms with E-state index in [-0.39, 0.29) is 18.2 Å². The van der Waals surface area contributed by atoms with Gasteiger partial charge in [-0.2, -0.15) is 4.98 Å². The maximum Gasteiger partial charge on any atom is 0.230 e. The molecular weight excluding hydrogens is 460 g/mol. The van der Waals surface area contributed by atoms with Gasteiger partial charge in [0, 0.05) is 40.3 Å². The molecule has 0 radical (unpaired) electrons. The molecule has 2 aromatic carbocycles. The highest BCUT2D eigenvalue weighted by Crippen LogP contribution is 2.36. The van der Waals surface area contributed by atoms with E-state index in [1.165, 1.54) is 6.42 Å². The summed E-state index contributed by atoms with van der Waals surface area (Å²) in [5, 5.41) is 7.01. The molecule has 31 heavy (non-hydrogen) atoms. The van der Waals surface area contributed by atoms with Gasteiger partial charge in [0.1, 0.15) is 0 Å². The first-order chi connectivity index (χ1) is 15.1. The van der Waals surface area contributed by atoms with Gasteiger partial charge < -0.3 is 14.7 Å². The molecule has 2 fully saturated rings. The Morgan fingerprint density at radius 2 is 2.00 bits per heavy atom. The first kappa shape index (κ1) is 19.9. The molecule has 2 aliphatic rings. The van der Waals surface area contributed by atoms with Crippen molar-refractivity contribution in [2.75, 3.05) is 16.8 Å². The van der Waals surface area contributed by atoms with Crippen molar-refractivity contribution in [1.29, 1.82) is 0 Å². The molecule has 1 aliphatic carbocycles. The van der Waals surface area contributed by atoms with Gasteiger partial charge in [0.2, 0.25) is 23.5 Å². The summed E-state index contributed by atoms with van der Waals surface area (Å²) in [7, 11) is 0. The van der Waals surface area contributed by atoms with Gasteiger partial charge in [0.25, 0.3) is 0 Å². The van der Waals surface area contributed by atoms with E-state index in [9.17, 15) is 9.59 Å². The number of aromatic nitrogens is 2. The summed E-state index contributed by atoms with van der Waals surface area (Å²) in [5.74, 6) is 0.940. The lowest BCUT2D eigenvalue weighted by Crippen LogP contribution is -2.28. The molecule has 0 bridgehead atoms. The molecule has 0 unspecified atom stereocenters. The van der Waals surface area contributed by atoms with Crippen molar-refractivity contribution in [3.05, 3.63) is 58.9 Å². The van der Waals surface area contributed by atoms with Crippen LogP contribution in [0.2, 0.25) is 0 Å². The zero-order valence-electron chi connectivity index (χ0n) is 16.8. The van der Waals surface area contributed by atoms with Crippen LogP contribution in [-0.2, 0) is 9.59 Å². The molecule has 1 N–H and O–H groups in total. The fourth-order valence-electron chi connectivity index (χ4n) is 3.93. The highest BCUT2D eigenvalue weighted by Gasteiger charge is 2.35. The van der Waals surface area contributed by atoms with Crippen LogP contribution < -0.4 is 10.2 Å². The lowest BCUT2D eigenvalue weighted by molar-refractivity contribution is -0.122. The molecule has 0 spiro atoms. The SMILES string of the molecule is O=C(Nc1cccc(Br)c1)[C@@H]1CC(=O)N(c2cccc(-c3noc(C4CCC4)n3)c2)C1. The number of nitrogens with zero attached hydrogens (tertiary/aromatic N) is 3. The topological polar surface area (TPSA) is 88.3 Å². The number of hydrogen-bond acceptors (Lipinski definition) is 5. The Bertz CT molecular complexity index is 1140. The minimum atomic E-state index is -0.412. The average molecular weight is 481 g/mol. The Labute approximate surface area is 188 Å². The van der Waals surface area contributed by atoms with E-state index in [1.54, 1.807) is 4.90 Å². The Kier molecular flexibility index (Phi) is 5.31. The van der Waals surface area contributed by atoms with Gasteiger partial charge >= 0.3 is 0 Å². The Morgan fingerprint density at radius 1 is 1.16 bits per heavy atom. The van der Waals surface area contributed by atoms with Crippen LogP contribution in [0.5, 0.6) is 0 Å². The van der Waals surface area contributed by atoms with Crippen molar-refractivity contribution in [2.45, 2.75) is 31.6 Å². The van der Waals surface area contributed by atoms with Gasteiger partial charge in [0.15, 0.2) is 0 Å². The first-order valence-corrected chi connectivity index (χ1v) is 11.2. The predicted octanol–water partition coefficient (Wildman–Crippen LogP) is 4.76. The van der Waals surface area contributed by atoms with Crippen molar-refractivity contribution in [1.82, 2.24) is 10.1 Å². The number of rotatable bonds is 5. The van der Waals surface area contributed by atoms with Crippen molar-refractivity contribution in [2.24, 2.45) is 5.92 Å². The van der Waals surface area contributed by atoms with E-state index < -0.39 is 5.92 Å². The molecular formula is C23H21BrN4O3. The quantitative estimate of drug-likeness (QED) is 0.568. The van der Waals surface area contributed by atoms with E-state index in [2.05, 4.69) is 31.4 Å². The van der Waals surface area contributed by atoms with E-state index in [1.807, 2.05) is 48.5 Å². The van der Waals surface area contributed by atoms with Crippen LogP contribution >= 0.6 is 15.9 Å². The van der Waals surface area contributed by atoms with Crippen LogP contribution in [0.25, 0.3) is 11.4 Å². The molecule has 2 heterocycles. The number of anilines is 2. The maximum atomic E-state index is 12.7. The molecule has 158 valence electrons. The second-order valence-corrected chi connectivity index (χ2v) is 8.96. The summed E-state index contributed by atoms with van der Waals surface area (Å²) in [6.07, 6.45) is 3.56. The average Bonchev–Trinajstić information content (AvgIpc) is 3.34. The van der Waals surface area contributed by atoms with Gasteiger partial charge in [-0.15, -0.1) is 0 Å². The zero-order chi connectivity index (χ0) is 21.4. The minimum absolute atomic E-state index is 0.0742. The van der Waals surface area contributed by atoms with Crippen molar-refractivity contribution < 1.29 is 14.1 Å². The van der Waals surface area contributed by atoms with Crippen LogP contribution in [0.4, 0.5) is 11.4 Å². The first-order valence-electron chi connectivity index (χ1n) is 10.4. The number of benzene rings is 2. The molecule has 1 saturated heterocycles.